The van der Waals surface area contributed by atoms with Crippen molar-refractivity contribution in [1.29, 1.82) is 0 Å². The minimum absolute atomic E-state index is 0.0272. The molecule has 1 fully saturated rings. The SMILES string of the molecule is CC(C)(C)[Si](C)(C)O[C@@H]1C[C@@H](c2nc(I)c(I)[nH]2)N(C(=O)OCc2ccccc2)C1. The van der Waals surface area contributed by atoms with Crippen molar-refractivity contribution in [2.45, 2.75) is 64.1 Å². The Balaban J connectivity index is 1.77. The molecule has 1 saturated heterocycles. The summed E-state index contributed by atoms with van der Waals surface area (Å²) in [5.41, 5.74) is 0.970. The molecule has 1 aromatic heterocycles. The molecule has 2 aromatic rings. The molecule has 6 nitrogen and oxygen atoms in total. The third-order valence-electron chi connectivity index (χ3n) is 5.92. The van der Waals surface area contributed by atoms with Crippen LogP contribution < -0.4 is 0 Å². The molecule has 1 aliphatic rings. The number of aromatic nitrogens is 2. The van der Waals surface area contributed by atoms with Crippen LogP contribution >= 0.6 is 45.2 Å². The molecule has 3 rings (SSSR count). The average molecular weight is 653 g/mol. The van der Waals surface area contributed by atoms with Crippen LogP contribution in [0.2, 0.25) is 18.1 Å². The smallest absolute Gasteiger partial charge is 0.410 e. The molecule has 30 heavy (non-hydrogen) atoms. The molecule has 0 radical (unpaired) electrons. The quantitative estimate of drug-likeness (QED) is 0.314. The van der Waals surface area contributed by atoms with E-state index in [1.807, 2.05) is 30.3 Å². The first-order valence-electron chi connectivity index (χ1n) is 10.0. The summed E-state index contributed by atoms with van der Waals surface area (Å²) in [7, 11) is -1.95. The molecule has 0 saturated carbocycles. The fourth-order valence-corrected chi connectivity index (χ4v) is 5.39. The molecule has 9 heteroatoms. The summed E-state index contributed by atoms with van der Waals surface area (Å²) in [5.74, 6) is 0.793. The van der Waals surface area contributed by atoms with Crippen LogP contribution in [0.15, 0.2) is 30.3 Å². The molecule has 1 aromatic carbocycles. The van der Waals surface area contributed by atoms with Crippen molar-refractivity contribution in [1.82, 2.24) is 14.9 Å². The highest BCUT2D eigenvalue weighted by molar-refractivity contribution is 14.1. The molecule has 2 heterocycles. The number of imidazole rings is 1. The lowest BCUT2D eigenvalue weighted by molar-refractivity contribution is 0.0872. The fraction of sp³-hybridized carbons (Fsp3) is 0.524. The number of carbonyl (C=O) groups excluding carboxylic acids is 1. The first-order valence-corrected chi connectivity index (χ1v) is 15.1. The van der Waals surface area contributed by atoms with E-state index in [0.29, 0.717) is 13.0 Å². The van der Waals surface area contributed by atoms with Crippen LogP contribution in [0, 0.1) is 7.40 Å². The number of carbonyl (C=O) groups is 1. The second kappa shape index (κ2) is 9.45. The number of hydrogen-bond donors (Lipinski definition) is 1. The lowest BCUT2D eigenvalue weighted by Crippen LogP contribution is -2.44. The summed E-state index contributed by atoms with van der Waals surface area (Å²) in [6, 6.07) is 9.56. The predicted molar refractivity (Wildman–Crippen MR) is 137 cm³/mol. The molecule has 0 bridgehead atoms. The number of H-pyrrole nitrogens is 1. The lowest BCUT2D eigenvalue weighted by Gasteiger charge is -2.38. The van der Waals surface area contributed by atoms with Gasteiger partial charge >= 0.3 is 6.09 Å². The molecule has 2 atom stereocenters. The highest BCUT2D eigenvalue weighted by Gasteiger charge is 2.45. The van der Waals surface area contributed by atoms with E-state index in [-0.39, 0.29) is 29.9 Å². The molecular weight excluding hydrogens is 624 g/mol. The van der Waals surface area contributed by atoms with Crippen LogP contribution in [0.25, 0.3) is 0 Å². The van der Waals surface area contributed by atoms with Gasteiger partial charge < -0.3 is 14.1 Å². The third kappa shape index (κ3) is 5.57. The van der Waals surface area contributed by atoms with E-state index in [0.717, 1.165) is 18.8 Å². The monoisotopic (exact) mass is 653 g/mol. The van der Waals surface area contributed by atoms with Crippen molar-refractivity contribution in [3.8, 4) is 0 Å². The van der Waals surface area contributed by atoms with Crippen molar-refractivity contribution >= 4 is 59.6 Å². The van der Waals surface area contributed by atoms with Crippen LogP contribution in [0.5, 0.6) is 0 Å². The maximum atomic E-state index is 13.0. The van der Waals surface area contributed by atoms with Crippen LogP contribution in [0.4, 0.5) is 4.79 Å². The number of hydrogen-bond acceptors (Lipinski definition) is 4. The Hall–Kier alpha value is -0.663. The van der Waals surface area contributed by atoms with Crippen molar-refractivity contribution in [2.75, 3.05) is 6.54 Å². The standard InChI is InChI=1S/C21H29I2N3O3Si/c1-21(2,3)30(4,5)29-15-11-16(19-24-17(22)18(23)25-19)26(12-15)20(27)28-13-14-9-7-6-8-10-14/h6-10,15-16H,11-13H2,1-5H3,(H,24,25)/t15-,16+/m1/s1. The minimum Gasteiger partial charge on any atom is -0.445 e. The molecule has 1 amide bonds. The van der Waals surface area contributed by atoms with Gasteiger partial charge in [-0.15, -0.1) is 0 Å². The van der Waals surface area contributed by atoms with Gasteiger partial charge in [-0.25, -0.2) is 9.78 Å². The van der Waals surface area contributed by atoms with E-state index in [4.69, 9.17) is 9.16 Å². The number of halogens is 2. The molecule has 1 N–H and O–H groups in total. The Morgan fingerprint density at radius 1 is 1.27 bits per heavy atom. The Bertz CT molecular complexity index is 864. The van der Waals surface area contributed by atoms with Gasteiger partial charge in [0.1, 0.15) is 19.8 Å². The maximum Gasteiger partial charge on any atom is 0.410 e. The van der Waals surface area contributed by atoms with Gasteiger partial charge in [0.2, 0.25) is 0 Å². The third-order valence-corrected chi connectivity index (χ3v) is 13.1. The average Bonchev–Trinajstić information content (AvgIpc) is 3.22. The summed E-state index contributed by atoms with van der Waals surface area (Å²) in [5, 5.41) is 0.110. The fourth-order valence-electron chi connectivity index (χ4n) is 3.24. The van der Waals surface area contributed by atoms with Crippen LogP contribution in [0.1, 0.15) is 44.6 Å². The van der Waals surface area contributed by atoms with E-state index in [1.54, 1.807) is 4.90 Å². The number of benzene rings is 1. The Labute approximate surface area is 206 Å². The lowest BCUT2D eigenvalue weighted by atomic mass is 10.2. The van der Waals surface area contributed by atoms with Gasteiger partial charge in [0, 0.05) is 13.0 Å². The highest BCUT2D eigenvalue weighted by Crippen LogP contribution is 2.41. The van der Waals surface area contributed by atoms with Crippen molar-refractivity contribution in [3.63, 3.8) is 0 Å². The van der Waals surface area contributed by atoms with Gasteiger partial charge in [0.15, 0.2) is 8.32 Å². The number of ether oxygens (including phenoxy) is 1. The van der Waals surface area contributed by atoms with Gasteiger partial charge in [-0.05, 0) is 68.9 Å². The van der Waals surface area contributed by atoms with E-state index in [9.17, 15) is 4.79 Å². The number of amides is 1. The van der Waals surface area contributed by atoms with E-state index < -0.39 is 8.32 Å². The Morgan fingerprint density at radius 3 is 2.50 bits per heavy atom. The number of aromatic amines is 1. The zero-order valence-corrected chi connectivity index (χ0v) is 23.4. The van der Waals surface area contributed by atoms with Crippen LogP contribution in [0.3, 0.4) is 0 Å². The maximum absolute atomic E-state index is 13.0. The van der Waals surface area contributed by atoms with E-state index in [1.165, 1.54) is 0 Å². The zero-order valence-electron chi connectivity index (χ0n) is 18.0. The molecule has 0 unspecified atom stereocenters. The van der Waals surface area contributed by atoms with Crippen LogP contribution in [-0.2, 0) is 15.8 Å². The second-order valence-electron chi connectivity index (χ2n) is 9.17. The van der Waals surface area contributed by atoms with Crippen molar-refractivity contribution in [3.05, 3.63) is 49.1 Å². The minimum atomic E-state index is -1.95. The molecule has 0 aliphatic carbocycles. The summed E-state index contributed by atoms with van der Waals surface area (Å²) >= 11 is 4.44. The molecule has 1 aliphatic heterocycles. The van der Waals surface area contributed by atoms with Gasteiger partial charge in [-0.3, -0.25) is 4.90 Å². The number of nitrogens with one attached hydrogen (secondary N) is 1. The first-order chi connectivity index (χ1) is 14.0. The highest BCUT2D eigenvalue weighted by atomic mass is 127. The first kappa shape index (κ1) is 24.0. The summed E-state index contributed by atoms with van der Waals surface area (Å²) in [6.07, 6.45) is 0.360. The van der Waals surface area contributed by atoms with E-state index in [2.05, 4.69) is 89.0 Å². The summed E-state index contributed by atoms with van der Waals surface area (Å²) in [4.78, 5) is 22.8. The van der Waals surface area contributed by atoms with Gasteiger partial charge in [0.05, 0.1) is 12.1 Å². The second-order valence-corrected chi connectivity index (χ2v) is 16.0. The van der Waals surface area contributed by atoms with Gasteiger partial charge in [0.25, 0.3) is 0 Å². The largest absolute Gasteiger partial charge is 0.445 e. The Kier molecular flexibility index (Phi) is 7.56. The molecular formula is C21H29I2N3O3Si. The van der Waals surface area contributed by atoms with E-state index >= 15 is 0 Å². The van der Waals surface area contributed by atoms with Crippen molar-refractivity contribution in [2.24, 2.45) is 0 Å². The van der Waals surface area contributed by atoms with Crippen LogP contribution in [-0.4, -0.2) is 41.9 Å². The van der Waals surface area contributed by atoms with Gasteiger partial charge in [-0.1, -0.05) is 51.1 Å². The normalized spacial score (nSPS) is 19.9. The zero-order chi connectivity index (χ0) is 22.1. The summed E-state index contributed by atoms with van der Waals surface area (Å²) < 4.78 is 14.2. The topological polar surface area (TPSA) is 67.5 Å². The molecule has 164 valence electrons. The summed E-state index contributed by atoms with van der Waals surface area (Å²) in [6.45, 7) is 12.0. The molecule has 0 spiro atoms. The number of nitrogens with zero attached hydrogens (tertiary/aromatic N) is 2. The van der Waals surface area contributed by atoms with Crippen molar-refractivity contribution < 1.29 is 14.0 Å². The number of likely N-dealkylation sites (tertiary alicyclic amines) is 1. The van der Waals surface area contributed by atoms with Gasteiger partial charge in [-0.2, -0.15) is 0 Å². The Morgan fingerprint density at radius 2 is 1.93 bits per heavy atom. The predicted octanol–water partition coefficient (Wildman–Crippen LogP) is 6.09. The number of rotatable bonds is 5.